The summed E-state index contributed by atoms with van der Waals surface area (Å²) in [6.07, 6.45) is 14.7. The van der Waals surface area contributed by atoms with E-state index in [-0.39, 0.29) is 36.0 Å². The molecule has 12 nitrogen and oxygen atoms in total. The fraction of sp³-hybridized carbons (Fsp3) is 0.467. The minimum atomic E-state index is -0.594. The van der Waals surface area contributed by atoms with Gasteiger partial charge in [-0.1, -0.05) is 25.0 Å². The molecule has 3 aromatic rings. The number of carbonyl (C=O) groups excluding carboxylic acids is 5. The zero-order valence-electron chi connectivity index (χ0n) is 33.3. The molecule has 0 spiro atoms. The average Bonchev–Trinajstić information content (AvgIpc) is 3.59. The van der Waals surface area contributed by atoms with Gasteiger partial charge in [0.25, 0.3) is 11.8 Å². The highest BCUT2D eigenvalue weighted by molar-refractivity contribution is 7.99. The number of benzene rings is 2. The molecule has 306 valence electrons. The van der Waals surface area contributed by atoms with E-state index in [9.17, 15) is 24.0 Å². The fourth-order valence-corrected chi connectivity index (χ4v) is 9.53. The zero-order chi connectivity index (χ0) is 40.3. The van der Waals surface area contributed by atoms with Crippen LogP contribution in [0.5, 0.6) is 0 Å². The number of carbonyl (C=O) groups is 5. The molecule has 58 heavy (non-hydrogen) atoms. The molecule has 0 saturated carbocycles. The third-order valence-corrected chi connectivity index (χ3v) is 13.1. The number of aromatic nitrogens is 1. The maximum absolute atomic E-state index is 13.3. The van der Waals surface area contributed by atoms with Crippen molar-refractivity contribution < 1.29 is 24.0 Å². The topological polar surface area (TPSA) is 135 Å². The lowest BCUT2D eigenvalue weighted by atomic mass is 9.91. The van der Waals surface area contributed by atoms with Crippen LogP contribution in [0, 0.1) is 5.92 Å². The van der Waals surface area contributed by atoms with Crippen LogP contribution in [0.3, 0.4) is 0 Å². The van der Waals surface area contributed by atoms with Crippen molar-refractivity contribution in [3.8, 4) is 0 Å². The van der Waals surface area contributed by atoms with Crippen LogP contribution in [0.1, 0.15) is 89.6 Å². The second-order valence-electron chi connectivity index (χ2n) is 15.8. The highest BCUT2D eigenvalue weighted by Gasteiger charge is 2.39. The van der Waals surface area contributed by atoms with Crippen LogP contribution in [0.15, 0.2) is 78.0 Å². The normalized spacial score (nSPS) is 19.1. The van der Waals surface area contributed by atoms with Gasteiger partial charge in [-0.15, -0.1) is 11.8 Å². The largest absolute Gasteiger partial charge is 0.369 e. The summed E-state index contributed by atoms with van der Waals surface area (Å²) in [4.78, 5) is 76.4. The van der Waals surface area contributed by atoms with Gasteiger partial charge in [0.2, 0.25) is 17.7 Å². The molecule has 1 aromatic heterocycles. The molecule has 0 aliphatic carbocycles. The summed E-state index contributed by atoms with van der Waals surface area (Å²) in [7, 11) is 0. The van der Waals surface area contributed by atoms with Crippen molar-refractivity contribution in [1.82, 2.24) is 30.3 Å². The van der Waals surface area contributed by atoms with Crippen molar-refractivity contribution in [2.45, 2.75) is 75.3 Å². The van der Waals surface area contributed by atoms with Crippen molar-refractivity contribution in [2.75, 3.05) is 63.0 Å². The Morgan fingerprint density at radius 3 is 2.45 bits per heavy atom. The Morgan fingerprint density at radius 1 is 0.879 bits per heavy atom. The van der Waals surface area contributed by atoms with Gasteiger partial charge < -0.3 is 20.0 Å². The Labute approximate surface area is 345 Å². The first kappa shape index (κ1) is 41.2. The Morgan fingerprint density at radius 2 is 1.69 bits per heavy atom. The minimum absolute atomic E-state index is 0.0838. The molecule has 4 aliphatic heterocycles. The molecule has 4 aliphatic rings. The smallest absolute Gasteiger partial charge is 0.255 e. The number of pyridine rings is 1. The molecule has 1 unspecified atom stereocenters. The molecule has 5 amide bonds. The molecule has 3 saturated heterocycles. The van der Waals surface area contributed by atoms with Gasteiger partial charge in [-0.25, -0.2) is 0 Å². The first-order chi connectivity index (χ1) is 28.3. The SMILES string of the molecule is O=C(/C=C/c1cccnc1)NCCCCC1CCN(C(=O)c2ccc(N3CCN(CCCCSc4cccc5c4CN(C4CCC(=O)NC4=O)C5=O)CC3)cc2)CC1. The van der Waals surface area contributed by atoms with Crippen molar-refractivity contribution in [1.29, 1.82) is 0 Å². The number of piperazine rings is 1. The maximum Gasteiger partial charge on any atom is 0.255 e. The van der Waals surface area contributed by atoms with Crippen molar-refractivity contribution in [3.05, 3.63) is 95.3 Å². The summed E-state index contributed by atoms with van der Waals surface area (Å²) < 4.78 is 0. The number of hydrogen-bond acceptors (Lipinski definition) is 9. The lowest BCUT2D eigenvalue weighted by molar-refractivity contribution is -0.137. The van der Waals surface area contributed by atoms with Gasteiger partial charge in [0, 0.05) is 99.0 Å². The second kappa shape index (κ2) is 20.1. The summed E-state index contributed by atoms with van der Waals surface area (Å²) in [5, 5.41) is 5.34. The molecule has 0 bridgehead atoms. The second-order valence-corrected chi connectivity index (χ2v) is 16.9. The van der Waals surface area contributed by atoms with Gasteiger partial charge >= 0.3 is 0 Å². The molecule has 2 aromatic carbocycles. The number of nitrogens with one attached hydrogen (secondary N) is 2. The van der Waals surface area contributed by atoms with Crippen molar-refractivity contribution in [3.63, 3.8) is 0 Å². The summed E-state index contributed by atoms with van der Waals surface area (Å²) in [5.41, 5.74) is 4.48. The van der Waals surface area contributed by atoms with Gasteiger partial charge in [0.1, 0.15) is 6.04 Å². The van der Waals surface area contributed by atoms with Crippen molar-refractivity contribution in [2.24, 2.45) is 5.92 Å². The van der Waals surface area contributed by atoms with E-state index in [1.807, 2.05) is 41.3 Å². The van der Waals surface area contributed by atoms with E-state index in [2.05, 4.69) is 43.6 Å². The number of fused-ring (bicyclic) bond motifs is 1. The number of hydrogen-bond donors (Lipinski definition) is 2. The minimum Gasteiger partial charge on any atom is -0.369 e. The molecule has 2 N–H and O–H groups in total. The van der Waals surface area contributed by atoms with Crippen LogP contribution in [0.4, 0.5) is 5.69 Å². The third-order valence-electron chi connectivity index (χ3n) is 11.9. The molecule has 0 radical (unpaired) electrons. The first-order valence-electron chi connectivity index (χ1n) is 20.9. The van der Waals surface area contributed by atoms with Crippen LogP contribution < -0.4 is 15.5 Å². The maximum atomic E-state index is 13.3. The fourth-order valence-electron chi connectivity index (χ4n) is 8.44. The van der Waals surface area contributed by atoms with Crippen LogP contribution in [-0.4, -0.2) is 113 Å². The summed E-state index contributed by atoms with van der Waals surface area (Å²) in [5.74, 6) is 0.836. The third kappa shape index (κ3) is 10.7. The molecule has 7 rings (SSSR count). The van der Waals surface area contributed by atoms with Crippen LogP contribution in [-0.2, 0) is 20.9 Å². The number of rotatable bonds is 16. The predicted molar refractivity (Wildman–Crippen MR) is 226 cm³/mol. The van der Waals surface area contributed by atoms with E-state index in [4.69, 9.17) is 0 Å². The number of unbranched alkanes of at least 4 members (excludes halogenated alkanes) is 2. The Kier molecular flexibility index (Phi) is 14.3. The van der Waals surface area contributed by atoms with E-state index in [0.717, 1.165) is 124 Å². The quantitative estimate of drug-likeness (QED) is 0.0847. The lowest BCUT2D eigenvalue weighted by Crippen LogP contribution is -2.52. The van der Waals surface area contributed by atoms with Crippen LogP contribution >= 0.6 is 11.8 Å². The Balaban J connectivity index is 0.749. The van der Waals surface area contributed by atoms with Gasteiger partial charge in [0.05, 0.1) is 0 Å². The van der Waals surface area contributed by atoms with Crippen LogP contribution in [0.25, 0.3) is 6.08 Å². The van der Waals surface area contributed by atoms with E-state index >= 15 is 0 Å². The number of likely N-dealkylation sites (tertiary alicyclic amines) is 1. The van der Waals surface area contributed by atoms with E-state index in [1.165, 1.54) is 0 Å². The average molecular weight is 806 g/mol. The van der Waals surface area contributed by atoms with Gasteiger partial charge in [-0.05, 0) is 116 Å². The predicted octanol–water partition coefficient (Wildman–Crippen LogP) is 5.39. The number of imide groups is 1. The number of amides is 5. The molecule has 1 atom stereocenters. The molecule has 13 heteroatoms. The number of thioether (sulfide) groups is 1. The first-order valence-corrected chi connectivity index (χ1v) is 21.9. The van der Waals surface area contributed by atoms with E-state index < -0.39 is 6.04 Å². The van der Waals surface area contributed by atoms with Gasteiger partial charge in [0.15, 0.2) is 0 Å². The number of anilines is 1. The van der Waals surface area contributed by atoms with Crippen LogP contribution in [0.2, 0.25) is 0 Å². The summed E-state index contributed by atoms with van der Waals surface area (Å²) >= 11 is 1.78. The van der Waals surface area contributed by atoms with E-state index in [1.54, 1.807) is 41.2 Å². The standard InChI is InChI=1S/C45H55N7O5S/c53-41(17-11-34-8-6-21-46-31-34)47-22-2-1-7-33-19-24-51(25-20-33)44(56)35-12-14-36(15-13-35)50-28-26-49(27-29-50)23-3-4-30-58-40-10-5-9-37-38(40)32-52(45(37)57)39-16-18-42(54)48-43(39)55/h5-6,8-15,17,21,31,33,39H,1-4,7,16,18-20,22-30,32H2,(H,47,53)(H,48,54,55)/b17-11+. The van der Waals surface area contributed by atoms with Crippen molar-refractivity contribution >= 4 is 53.1 Å². The monoisotopic (exact) mass is 805 g/mol. The zero-order valence-corrected chi connectivity index (χ0v) is 34.1. The van der Waals surface area contributed by atoms with Gasteiger partial charge in [-0.2, -0.15) is 0 Å². The Bertz CT molecular complexity index is 1940. The van der Waals surface area contributed by atoms with Gasteiger partial charge in [-0.3, -0.25) is 39.2 Å². The molecular weight excluding hydrogens is 751 g/mol. The Hall–Kier alpha value is -5.01. The highest BCUT2D eigenvalue weighted by Crippen LogP contribution is 2.35. The number of piperidine rings is 2. The summed E-state index contributed by atoms with van der Waals surface area (Å²) in [6.45, 7) is 7.64. The lowest BCUT2D eigenvalue weighted by Gasteiger charge is -2.36. The molecular formula is C45H55N7O5S. The van der Waals surface area contributed by atoms with E-state index in [0.29, 0.717) is 31.0 Å². The molecule has 3 fully saturated rings. The highest BCUT2D eigenvalue weighted by atomic mass is 32.2. The summed E-state index contributed by atoms with van der Waals surface area (Å²) in [6, 6.07) is 17.2. The molecule has 5 heterocycles. The number of nitrogens with zero attached hydrogens (tertiary/aromatic N) is 5.